The zero-order valence-electron chi connectivity index (χ0n) is 16.0. The van der Waals surface area contributed by atoms with Crippen LogP contribution in [0.5, 0.6) is 5.88 Å². The van der Waals surface area contributed by atoms with Gasteiger partial charge >= 0.3 is 5.69 Å². The van der Waals surface area contributed by atoms with Gasteiger partial charge in [0.25, 0.3) is 0 Å². The number of aromatic amines is 2. The van der Waals surface area contributed by atoms with E-state index in [1.54, 1.807) is 23.0 Å². The number of nitrogens with one attached hydrogen (secondary N) is 3. The van der Waals surface area contributed by atoms with Crippen molar-refractivity contribution >= 4 is 17.5 Å². The smallest absolute Gasteiger partial charge is 0.326 e. The number of fused-ring (bicyclic) bond motifs is 1. The maximum absolute atomic E-state index is 11.4. The van der Waals surface area contributed by atoms with Gasteiger partial charge in [0, 0.05) is 36.1 Å². The Labute approximate surface area is 170 Å². The first-order valence-corrected chi connectivity index (χ1v) is 9.75. The zero-order chi connectivity index (χ0) is 20.5. The van der Waals surface area contributed by atoms with E-state index in [0.717, 1.165) is 25.0 Å². The molecule has 0 amide bonds. The molecule has 10 nitrogen and oxygen atoms in total. The predicted molar refractivity (Wildman–Crippen MR) is 110 cm³/mol. The number of rotatable bonds is 6. The lowest BCUT2D eigenvalue weighted by Crippen LogP contribution is -2.21. The largest absolute Gasteiger partial charge is 0.493 e. The fourth-order valence-corrected chi connectivity index (χ4v) is 3.15. The van der Waals surface area contributed by atoms with E-state index in [2.05, 4.69) is 30.4 Å². The summed E-state index contributed by atoms with van der Waals surface area (Å²) in [6.07, 6.45) is 7.95. The summed E-state index contributed by atoms with van der Waals surface area (Å²) in [6, 6.07) is 8.05. The van der Waals surface area contributed by atoms with Crippen LogP contribution in [0.4, 0.5) is 5.82 Å². The van der Waals surface area contributed by atoms with Crippen LogP contribution in [0.15, 0.2) is 46.4 Å². The number of imidazole rings is 1. The number of aromatic nitrogens is 6. The summed E-state index contributed by atoms with van der Waals surface area (Å²) in [5.74, 6) is 0.451. The van der Waals surface area contributed by atoms with Crippen LogP contribution >= 0.6 is 0 Å². The average molecular weight is 404 g/mol. The standard InChI is InChI=1S/C20H20N8O2/c29-19-15(25-20(30)27-19)9-12-11-23-28-17(24-14-4-5-14)10-16(26-18(12)28)22-8-6-13-3-1-2-7-21-13/h1-3,7,9-11,14,22,29H,4-6,8H2,(H2,25,27,30). The van der Waals surface area contributed by atoms with Gasteiger partial charge in [-0.3, -0.25) is 15.0 Å². The minimum Gasteiger partial charge on any atom is -0.493 e. The molecule has 1 aliphatic carbocycles. The fraction of sp³-hybridized carbons (Fsp3) is 0.250. The Kier molecular flexibility index (Phi) is 4.51. The lowest BCUT2D eigenvalue weighted by Gasteiger charge is -2.06. The normalized spacial score (nSPS) is 15.2. The third kappa shape index (κ3) is 3.79. The minimum atomic E-state index is -0.482. The van der Waals surface area contributed by atoms with E-state index in [0.29, 0.717) is 34.8 Å². The van der Waals surface area contributed by atoms with Crippen molar-refractivity contribution < 1.29 is 5.11 Å². The molecule has 1 aliphatic rings. The van der Waals surface area contributed by atoms with Crippen LogP contribution in [0.3, 0.4) is 0 Å². The zero-order valence-corrected chi connectivity index (χ0v) is 16.0. The topological polar surface area (TPSA) is 136 Å². The number of nitrogens with zero attached hydrogens (tertiary/aromatic N) is 5. The molecule has 0 spiro atoms. The van der Waals surface area contributed by atoms with Gasteiger partial charge in [-0.25, -0.2) is 9.78 Å². The Bertz CT molecular complexity index is 1370. The van der Waals surface area contributed by atoms with Crippen LogP contribution in [-0.2, 0) is 6.42 Å². The molecule has 4 heterocycles. The predicted octanol–water partition coefficient (Wildman–Crippen LogP) is 0.112. The van der Waals surface area contributed by atoms with Crippen LogP contribution in [-0.4, -0.2) is 47.2 Å². The molecule has 0 atom stereocenters. The lowest BCUT2D eigenvalue weighted by atomic mass is 10.3. The first-order chi connectivity index (χ1) is 14.7. The summed E-state index contributed by atoms with van der Waals surface area (Å²) in [6.45, 7) is 0.669. The maximum Gasteiger partial charge on any atom is 0.326 e. The SMILES string of the molecule is O=c1[nH]c(O)c(C=c2cnn3c(=NC4CC4)cc(NCCc4ccccn4)nc23)[nH]1. The summed E-state index contributed by atoms with van der Waals surface area (Å²) in [5.41, 5.74) is 2.09. The Morgan fingerprint density at radius 1 is 1.33 bits per heavy atom. The highest BCUT2D eigenvalue weighted by Gasteiger charge is 2.20. The van der Waals surface area contributed by atoms with Crippen molar-refractivity contribution in [1.82, 2.24) is 29.5 Å². The van der Waals surface area contributed by atoms with E-state index in [1.165, 1.54) is 0 Å². The molecular weight excluding hydrogens is 384 g/mol. The molecule has 4 aromatic rings. The molecular formula is C20H20N8O2. The van der Waals surface area contributed by atoms with Gasteiger partial charge in [-0.05, 0) is 31.1 Å². The highest BCUT2D eigenvalue weighted by Crippen LogP contribution is 2.22. The molecule has 4 aromatic heterocycles. The Morgan fingerprint density at radius 2 is 2.23 bits per heavy atom. The summed E-state index contributed by atoms with van der Waals surface area (Å²) < 4.78 is 1.68. The molecule has 1 fully saturated rings. The van der Waals surface area contributed by atoms with Gasteiger partial charge in [0.15, 0.2) is 11.1 Å². The van der Waals surface area contributed by atoms with E-state index in [-0.39, 0.29) is 11.6 Å². The van der Waals surface area contributed by atoms with Gasteiger partial charge in [0.1, 0.15) is 11.5 Å². The summed E-state index contributed by atoms with van der Waals surface area (Å²) in [7, 11) is 0. The number of hydrogen-bond donors (Lipinski definition) is 4. The maximum atomic E-state index is 11.4. The summed E-state index contributed by atoms with van der Waals surface area (Å²) in [5, 5.41) is 18.3. The summed E-state index contributed by atoms with van der Waals surface area (Å²) in [4.78, 5) is 30.0. The molecule has 152 valence electrons. The quantitative estimate of drug-likeness (QED) is 0.360. The van der Waals surface area contributed by atoms with Crippen LogP contribution < -0.4 is 21.7 Å². The molecule has 4 N–H and O–H groups in total. The van der Waals surface area contributed by atoms with Crippen LogP contribution in [0.2, 0.25) is 0 Å². The molecule has 0 saturated heterocycles. The molecule has 0 aromatic carbocycles. The van der Waals surface area contributed by atoms with Gasteiger partial charge in [-0.2, -0.15) is 9.61 Å². The van der Waals surface area contributed by atoms with Gasteiger partial charge in [-0.1, -0.05) is 6.07 Å². The molecule has 0 radical (unpaired) electrons. The average Bonchev–Trinajstić information content (AvgIpc) is 3.37. The van der Waals surface area contributed by atoms with Gasteiger partial charge in [-0.15, -0.1) is 0 Å². The molecule has 5 rings (SSSR count). The molecule has 30 heavy (non-hydrogen) atoms. The van der Waals surface area contributed by atoms with Crippen molar-refractivity contribution in [3.63, 3.8) is 0 Å². The van der Waals surface area contributed by atoms with Crippen LogP contribution in [0, 0.1) is 0 Å². The minimum absolute atomic E-state index is 0.230. The summed E-state index contributed by atoms with van der Waals surface area (Å²) >= 11 is 0. The van der Waals surface area contributed by atoms with Gasteiger partial charge in [0.05, 0.1) is 12.2 Å². The van der Waals surface area contributed by atoms with E-state index in [1.807, 2.05) is 24.3 Å². The molecule has 10 heteroatoms. The molecule has 0 bridgehead atoms. The highest BCUT2D eigenvalue weighted by atomic mass is 16.3. The Balaban J connectivity index is 1.53. The number of aromatic hydroxyl groups is 1. The first kappa shape index (κ1) is 18.1. The number of H-pyrrole nitrogens is 2. The first-order valence-electron chi connectivity index (χ1n) is 9.75. The van der Waals surface area contributed by atoms with Crippen molar-refractivity contribution in [1.29, 1.82) is 0 Å². The van der Waals surface area contributed by atoms with Crippen molar-refractivity contribution in [3.05, 3.63) is 69.2 Å². The Morgan fingerprint density at radius 3 is 2.97 bits per heavy atom. The Hall–Kier alpha value is -3.95. The van der Waals surface area contributed by atoms with E-state index < -0.39 is 5.69 Å². The van der Waals surface area contributed by atoms with Crippen molar-refractivity contribution in [2.24, 2.45) is 4.99 Å². The lowest BCUT2D eigenvalue weighted by molar-refractivity contribution is 0.454. The van der Waals surface area contributed by atoms with E-state index >= 15 is 0 Å². The third-order valence-electron chi connectivity index (χ3n) is 4.79. The van der Waals surface area contributed by atoms with Crippen molar-refractivity contribution in [3.8, 4) is 5.88 Å². The number of pyridine rings is 1. The third-order valence-corrected chi connectivity index (χ3v) is 4.79. The van der Waals surface area contributed by atoms with Gasteiger partial charge < -0.3 is 15.4 Å². The van der Waals surface area contributed by atoms with Crippen LogP contribution in [0.25, 0.3) is 11.7 Å². The van der Waals surface area contributed by atoms with E-state index in [4.69, 9.17) is 4.99 Å². The second-order valence-corrected chi connectivity index (χ2v) is 7.18. The fourth-order valence-electron chi connectivity index (χ4n) is 3.15. The second-order valence-electron chi connectivity index (χ2n) is 7.18. The highest BCUT2D eigenvalue weighted by molar-refractivity contribution is 5.57. The molecule has 0 unspecified atom stereocenters. The van der Waals surface area contributed by atoms with E-state index in [9.17, 15) is 9.90 Å². The van der Waals surface area contributed by atoms with Crippen LogP contribution in [0.1, 0.15) is 24.2 Å². The van der Waals surface area contributed by atoms with Crippen molar-refractivity contribution in [2.45, 2.75) is 25.3 Å². The monoisotopic (exact) mass is 404 g/mol. The molecule has 0 aliphatic heterocycles. The van der Waals surface area contributed by atoms with Gasteiger partial charge in [0.2, 0.25) is 5.88 Å². The number of anilines is 1. The number of hydrogen-bond acceptors (Lipinski definition) is 7. The van der Waals surface area contributed by atoms with Crippen molar-refractivity contribution in [2.75, 3.05) is 11.9 Å². The molecule has 1 saturated carbocycles. The second kappa shape index (κ2) is 7.47.